The van der Waals surface area contributed by atoms with Crippen molar-refractivity contribution in [3.8, 4) is 0 Å². The highest BCUT2D eigenvalue weighted by Crippen LogP contribution is 2.18. The van der Waals surface area contributed by atoms with Gasteiger partial charge in [0.1, 0.15) is 5.82 Å². The van der Waals surface area contributed by atoms with E-state index in [1.54, 1.807) is 6.07 Å². The van der Waals surface area contributed by atoms with Crippen LogP contribution in [0.3, 0.4) is 0 Å². The first kappa shape index (κ1) is 13.1. The van der Waals surface area contributed by atoms with Crippen molar-refractivity contribution in [2.45, 2.75) is 40.2 Å². The van der Waals surface area contributed by atoms with Crippen molar-refractivity contribution in [1.82, 2.24) is 10.3 Å². The molecule has 0 saturated heterocycles. The zero-order valence-corrected chi connectivity index (χ0v) is 10.5. The standard InChI is InChI=1S/C13H21FN2/c1-10(15-8-7-13(2,3)4)12-6-5-11(14)9-16-12/h5-6,9-10,15H,7-8H2,1-4H3. The van der Waals surface area contributed by atoms with E-state index in [0.717, 1.165) is 18.7 Å². The molecule has 2 nitrogen and oxygen atoms in total. The van der Waals surface area contributed by atoms with E-state index >= 15 is 0 Å². The summed E-state index contributed by atoms with van der Waals surface area (Å²) in [6.45, 7) is 9.65. The average Bonchev–Trinajstić information content (AvgIpc) is 2.16. The number of hydrogen-bond donors (Lipinski definition) is 1. The maximum absolute atomic E-state index is 12.7. The summed E-state index contributed by atoms with van der Waals surface area (Å²) in [6, 6.07) is 3.34. The lowest BCUT2D eigenvalue weighted by Gasteiger charge is -2.20. The first-order chi connectivity index (χ1) is 7.38. The number of nitrogens with zero attached hydrogens (tertiary/aromatic N) is 1. The zero-order chi connectivity index (χ0) is 12.2. The summed E-state index contributed by atoms with van der Waals surface area (Å²) in [7, 11) is 0. The SMILES string of the molecule is CC(NCCC(C)(C)C)c1ccc(F)cn1. The van der Waals surface area contributed by atoms with Crippen LogP contribution >= 0.6 is 0 Å². The molecule has 1 aromatic rings. The van der Waals surface area contributed by atoms with E-state index in [0.29, 0.717) is 5.41 Å². The Kier molecular flexibility index (Phi) is 4.42. The Morgan fingerprint density at radius 3 is 2.56 bits per heavy atom. The Morgan fingerprint density at radius 1 is 1.38 bits per heavy atom. The normalized spacial score (nSPS) is 13.8. The molecule has 1 heterocycles. The minimum absolute atomic E-state index is 0.169. The van der Waals surface area contributed by atoms with Crippen molar-refractivity contribution in [3.63, 3.8) is 0 Å². The number of aromatic nitrogens is 1. The summed E-state index contributed by atoms with van der Waals surface area (Å²) >= 11 is 0. The molecule has 0 radical (unpaired) electrons. The lowest BCUT2D eigenvalue weighted by molar-refractivity contribution is 0.357. The Bertz CT molecular complexity index is 314. The summed E-state index contributed by atoms with van der Waals surface area (Å²) in [5.74, 6) is -0.286. The van der Waals surface area contributed by atoms with Crippen LogP contribution in [-0.4, -0.2) is 11.5 Å². The molecule has 1 N–H and O–H groups in total. The number of rotatable bonds is 4. The van der Waals surface area contributed by atoms with Gasteiger partial charge in [0.25, 0.3) is 0 Å². The predicted molar refractivity (Wildman–Crippen MR) is 64.7 cm³/mol. The van der Waals surface area contributed by atoms with Gasteiger partial charge < -0.3 is 5.32 Å². The Balaban J connectivity index is 2.41. The number of nitrogens with one attached hydrogen (secondary N) is 1. The fourth-order valence-corrected chi connectivity index (χ4v) is 1.41. The van der Waals surface area contributed by atoms with Crippen LogP contribution in [0.2, 0.25) is 0 Å². The molecule has 1 aromatic heterocycles. The van der Waals surface area contributed by atoms with E-state index in [9.17, 15) is 4.39 Å². The third kappa shape index (κ3) is 4.71. The van der Waals surface area contributed by atoms with Crippen LogP contribution in [0.15, 0.2) is 18.3 Å². The van der Waals surface area contributed by atoms with Gasteiger partial charge in [-0.2, -0.15) is 0 Å². The van der Waals surface area contributed by atoms with Crippen LogP contribution in [-0.2, 0) is 0 Å². The highest BCUT2D eigenvalue weighted by atomic mass is 19.1. The van der Waals surface area contributed by atoms with Gasteiger partial charge >= 0.3 is 0 Å². The molecule has 0 aliphatic heterocycles. The van der Waals surface area contributed by atoms with Crippen LogP contribution in [0.4, 0.5) is 4.39 Å². The molecule has 0 saturated carbocycles. The molecule has 0 amide bonds. The molecule has 0 aliphatic carbocycles. The third-order valence-electron chi connectivity index (χ3n) is 2.52. The quantitative estimate of drug-likeness (QED) is 0.848. The smallest absolute Gasteiger partial charge is 0.141 e. The van der Waals surface area contributed by atoms with Crippen LogP contribution in [0.5, 0.6) is 0 Å². The number of halogens is 1. The van der Waals surface area contributed by atoms with E-state index < -0.39 is 0 Å². The van der Waals surface area contributed by atoms with E-state index in [2.05, 4.69) is 31.1 Å². The van der Waals surface area contributed by atoms with Crippen molar-refractivity contribution < 1.29 is 4.39 Å². The van der Waals surface area contributed by atoms with Gasteiger partial charge in [-0.25, -0.2) is 4.39 Å². The van der Waals surface area contributed by atoms with E-state index in [-0.39, 0.29) is 11.9 Å². The van der Waals surface area contributed by atoms with E-state index in [4.69, 9.17) is 0 Å². The van der Waals surface area contributed by atoms with Crippen LogP contribution in [0.1, 0.15) is 45.9 Å². The molecule has 1 rings (SSSR count). The number of pyridine rings is 1. The van der Waals surface area contributed by atoms with Crippen molar-refractivity contribution in [3.05, 3.63) is 29.8 Å². The van der Waals surface area contributed by atoms with Gasteiger partial charge in [0.2, 0.25) is 0 Å². The fraction of sp³-hybridized carbons (Fsp3) is 0.615. The van der Waals surface area contributed by atoms with Crippen molar-refractivity contribution in [2.24, 2.45) is 5.41 Å². The minimum Gasteiger partial charge on any atom is -0.309 e. The molecule has 90 valence electrons. The summed E-state index contributed by atoms with van der Waals surface area (Å²) < 4.78 is 12.7. The highest BCUT2D eigenvalue weighted by Gasteiger charge is 2.11. The van der Waals surface area contributed by atoms with Crippen LogP contribution in [0, 0.1) is 11.2 Å². The average molecular weight is 224 g/mol. The Morgan fingerprint density at radius 2 is 2.06 bits per heavy atom. The van der Waals surface area contributed by atoms with Crippen molar-refractivity contribution >= 4 is 0 Å². The molecular weight excluding hydrogens is 203 g/mol. The predicted octanol–water partition coefficient (Wildman–Crippen LogP) is 3.31. The summed E-state index contributed by atoms with van der Waals surface area (Å²) in [4.78, 5) is 4.06. The molecule has 0 aromatic carbocycles. The molecular formula is C13H21FN2. The lowest BCUT2D eigenvalue weighted by atomic mass is 9.92. The van der Waals surface area contributed by atoms with Gasteiger partial charge in [0, 0.05) is 6.04 Å². The van der Waals surface area contributed by atoms with Gasteiger partial charge in [-0.05, 0) is 37.4 Å². The van der Waals surface area contributed by atoms with Gasteiger partial charge in [0.05, 0.1) is 11.9 Å². The maximum atomic E-state index is 12.7. The van der Waals surface area contributed by atoms with E-state index in [1.165, 1.54) is 12.3 Å². The Hall–Kier alpha value is -0.960. The zero-order valence-electron chi connectivity index (χ0n) is 10.5. The highest BCUT2D eigenvalue weighted by molar-refractivity contribution is 5.08. The second kappa shape index (κ2) is 5.39. The summed E-state index contributed by atoms with van der Waals surface area (Å²) in [6.07, 6.45) is 2.37. The Labute approximate surface area is 97.3 Å². The van der Waals surface area contributed by atoms with Gasteiger partial charge in [0.15, 0.2) is 0 Å². The van der Waals surface area contributed by atoms with E-state index in [1.807, 2.05) is 6.92 Å². The minimum atomic E-state index is -0.286. The molecule has 0 fully saturated rings. The first-order valence-electron chi connectivity index (χ1n) is 5.73. The topological polar surface area (TPSA) is 24.9 Å². The fourth-order valence-electron chi connectivity index (χ4n) is 1.41. The second-order valence-corrected chi connectivity index (χ2v) is 5.39. The third-order valence-corrected chi connectivity index (χ3v) is 2.52. The largest absolute Gasteiger partial charge is 0.309 e. The molecule has 1 atom stereocenters. The van der Waals surface area contributed by atoms with Crippen LogP contribution in [0.25, 0.3) is 0 Å². The van der Waals surface area contributed by atoms with Gasteiger partial charge in [-0.15, -0.1) is 0 Å². The monoisotopic (exact) mass is 224 g/mol. The van der Waals surface area contributed by atoms with Crippen LogP contribution < -0.4 is 5.32 Å². The van der Waals surface area contributed by atoms with Gasteiger partial charge in [-0.3, -0.25) is 4.98 Å². The summed E-state index contributed by atoms with van der Waals surface area (Å²) in [5.41, 5.74) is 1.22. The molecule has 16 heavy (non-hydrogen) atoms. The lowest BCUT2D eigenvalue weighted by Crippen LogP contribution is -2.24. The van der Waals surface area contributed by atoms with Gasteiger partial charge in [-0.1, -0.05) is 20.8 Å². The molecule has 0 bridgehead atoms. The maximum Gasteiger partial charge on any atom is 0.141 e. The number of hydrogen-bond acceptors (Lipinski definition) is 2. The van der Waals surface area contributed by atoms with Crippen molar-refractivity contribution in [1.29, 1.82) is 0 Å². The second-order valence-electron chi connectivity index (χ2n) is 5.39. The molecule has 1 unspecified atom stereocenters. The first-order valence-corrected chi connectivity index (χ1v) is 5.73. The van der Waals surface area contributed by atoms with Crippen molar-refractivity contribution in [2.75, 3.05) is 6.54 Å². The molecule has 3 heteroatoms. The summed E-state index contributed by atoms with van der Waals surface area (Å²) in [5, 5.41) is 3.39. The molecule has 0 aliphatic rings. The molecule has 0 spiro atoms.